The third kappa shape index (κ3) is 5.56. The van der Waals surface area contributed by atoms with Gasteiger partial charge in [-0.1, -0.05) is 12.1 Å². The summed E-state index contributed by atoms with van der Waals surface area (Å²) in [5.41, 5.74) is 9.61. The number of hydrogen-bond acceptors (Lipinski definition) is 6. The number of aromatic nitrogens is 1. The van der Waals surface area contributed by atoms with Gasteiger partial charge in [0.1, 0.15) is 0 Å². The fourth-order valence-electron chi connectivity index (χ4n) is 4.81. The number of H-pyrrole nitrogens is 1. The van der Waals surface area contributed by atoms with Gasteiger partial charge >= 0.3 is 5.76 Å². The predicted molar refractivity (Wildman–Crippen MR) is 132 cm³/mol. The summed E-state index contributed by atoms with van der Waals surface area (Å²) < 4.78 is 5.06. The van der Waals surface area contributed by atoms with E-state index in [4.69, 9.17) is 10.2 Å². The van der Waals surface area contributed by atoms with E-state index in [9.17, 15) is 14.4 Å². The normalized spacial score (nSPS) is 18.8. The summed E-state index contributed by atoms with van der Waals surface area (Å²) in [4.78, 5) is 43.1. The number of nitrogens with zero attached hydrogens (tertiary/aromatic N) is 2. The highest BCUT2D eigenvalue weighted by Crippen LogP contribution is 2.28. The summed E-state index contributed by atoms with van der Waals surface area (Å²) in [5.74, 6) is -0.728. The monoisotopic (exact) mass is 464 g/mol. The fourth-order valence-corrected chi connectivity index (χ4v) is 4.81. The molecule has 4 rings (SSSR count). The highest BCUT2D eigenvalue weighted by molar-refractivity contribution is 5.98. The summed E-state index contributed by atoms with van der Waals surface area (Å²) >= 11 is 0. The second-order valence-corrected chi connectivity index (χ2v) is 9.36. The van der Waals surface area contributed by atoms with Gasteiger partial charge in [-0.15, -0.1) is 0 Å². The molecule has 2 unspecified atom stereocenters. The maximum absolute atomic E-state index is 12.7. The first-order valence-corrected chi connectivity index (χ1v) is 11.7. The average Bonchev–Trinajstić information content (AvgIpc) is 3.20. The lowest BCUT2D eigenvalue weighted by Gasteiger charge is -2.37. The number of oxazole rings is 1. The van der Waals surface area contributed by atoms with Gasteiger partial charge in [0, 0.05) is 50.8 Å². The number of anilines is 1. The first kappa shape index (κ1) is 23.8. The molecule has 0 spiro atoms. The van der Waals surface area contributed by atoms with E-state index in [0.29, 0.717) is 36.0 Å². The Morgan fingerprint density at radius 3 is 2.65 bits per heavy atom. The number of nitrogens with two attached hydrogens (primary N) is 1. The van der Waals surface area contributed by atoms with E-state index in [-0.39, 0.29) is 23.5 Å². The lowest BCUT2D eigenvalue weighted by Crippen LogP contribution is -2.45. The second kappa shape index (κ2) is 10.3. The molecule has 2 aromatic carbocycles. The molecule has 3 N–H and O–H groups in total. The third-order valence-electron chi connectivity index (χ3n) is 6.84. The number of carbonyl (C=O) groups excluding carboxylic acids is 2. The molecule has 180 valence electrons. The number of likely N-dealkylation sites (tertiary alicyclic amines) is 1. The summed E-state index contributed by atoms with van der Waals surface area (Å²) in [6, 6.07) is 13.5. The molecule has 0 bridgehead atoms. The van der Waals surface area contributed by atoms with Gasteiger partial charge < -0.3 is 20.0 Å². The first-order valence-electron chi connectivity index (χ1n) is 11.7. The Kier molecular flexibility index (Phi) is 7.17. The molecular formula is C26H32N4O4. The van der Waals surface area contributed by atoms with Crippen molar-refractivity contribution in [2.45, 2.75) is 25.7 Å². The summed E-state index contributed by atoms with van der Waals surface area (Å²) in [5, 5.41) is 0. The Bertz CT molecular complexity index is 1210. The minimum Gasteiger partial charge on any atom is -0.408 e. The van der Waals surface area contributed by atoms with Crippen LogP contribution >= 0.6 is 0 Å². The van der Waals surface area contributed by atoms with Gasteiger partial charge in [0.25, 0.3) is 0 Å². The molecular weight excluding hydrogens is 432 g/mol. The first-order chi connectivity index (χ1) is 16.3. The minimum absolute atomic E-state index is 0.000283. The molecule has 0 radical (unpaired) electrons. The highest BCUT2D eigenvalue weighted by atomic mass is 16.4. The Balaban J connectivity index is 1.34. The molecule has 1 aromatic heterocycles. The number of aromatic amines is 1. The topological polar surface area (TPSA) is 113 Å². The number of nitrogens with one attached hydrogen (secondary N) is 1. The molecule has 2 atom stereocenters. The molecule has 1 amide bonds. The van der Waals surface area contributed by atoms with Crippen molar-refractivity contribution in [2.75, 3.05) is 38.6 Å². The number of piperidine rings is 1. The number of Topliss-reactive ketones (excluding diaryl/α,β-unsaturated/α-hetero) is 1. The van der Waals surface area contributed by atoms with Crippen LogP contribution in [0.4, 0.5) is 5.69 Å². The molecule has 1 saturated heterocycles. The minimum atomic E-state index is -0.531. The molecule has 8 nitrogen and oxygen atoms in total. The maximum Gasteiger partial charge on any atom is 0.417 e. The van der Waals surface area contributed by atoms with Crippen LogP contribution in [0.1, 0.15) is 35.2 Å². The van der Waals surface area contributed by atoms with Gasteiger partial charge in [0.05, 0.1) is 5.52 Å². The lowest BCUT2D eigenvalue weighted by molar-refractivity contribution is -0.125. The van der Waals surface area contributed by atoms with Gasteiger partial charge in [-0.3, -0.25) is 14.6 Å². The van der Waals surface area contributed by atoms with Crippen LogP contribution < -0.4 is 16.4 Å². The van der Waals surface area contributed by atoms with Crippen molar-refractivity contribution in [2.24, 2.45) is 17.6 Å². The van der Waals surface area contributed by atoms with Crippen LogP contribution in [-0.4, -0.2) is 55.3 Å². The van der Waals surface area contributed by atoms with E-state index >= 15 is 0 Å². The maximum atomic E-state index is 12.7. The molecule has 1 fully saturated rings. The van der Waals surface area contributed by atoms with Crippen molar-refractivity contribution in [3.63, 3.8) is 0 Å². The Hall–Kier alpha value is -3.39. The molecule has 3 aromatic rings. The average molecular weight is 465 g/mol. The van der Waals surface area contributed by atoms with E-state index in [1.54, 1.807) is 18.2 Å². The zero-order valence-electron chi connectivity index (χ0n) is 19.8. The second-order valence-electron chi connectivity index (χ2n) is 9.36. The van der Waals surface area contributed by atoms with Crippen LogP contribution in [0.25, 0.3) is 11.1 Å². The van der Waals surface area contributed by atoms with Crippen LogP contribution in [0.3, 0.4) is 0 Å². The summed E-state index contributed by atoms with van der Waals surface area (Å²) in [6.07, 6.45) is 2.84. The van der Waals surface area contributed by atoms with Crippen LogP contribution in [0.15, 0.2) is 51.7 Å². The Morgan fingerprint density at radius 2 is 1.94 bits per heavy atom. The highest BCUT2D eigenvalue weighted by Gasteiger charge is 2.32. The summed E-state index contributed by atoms with van der Waals surface area (Å²) in [6.45, 7) is 2.12. The molecule has 0 aliphatic carbocycles. The van der Waals surface area contributed by atoms with E-state index in [0.717, 1.165) is 31.6 Å². The van der Waals surface area contributed by atoms with Gasteiger partial charge in [-0.05, 0) is 67.6 Å². The predicted octanol–water partition coefficient (Wildman–Crippen LogP) is 2.82. The van der Waals surface area contributed by atoms with E-state index < -0.39 is 5.76 Å². The number of primary amides is 1. The standard InChI is InChI=1S/C26H32N4O4/c1-29(2)20-8-4-17(5-9-20)3-6-19-16-30(13-11-21(19)25(27)32)14-12-23(31)18-7-10-22-24(15-18)34-26(33)28-22/h4-5,7-10,15,19,21H,3,6,11-14,16H2,1-2H3,(H2,27,32)(H,28,33). The van der Waals surface area contributed by atoms with E-state index in [1.807, 2.05) is 14.1 Å². The van der Waals surface area contributed by atoms with Gasteiger partial charge in [0.15, 0.2) is 11.4 Å². The Labute approximate surface area is 198 Å². The summed E-state index contributed by atoms with van der Waals surface area (Å²) in [7, 11) is 4.04. The van der Waals surface area contributed by atoms with Crippen molar-refractivity contribution in [3.8, 4) is 0 Å². The number of fused-ring (bicyclic) bond motifs is 1. The molecule has 1 aliphatic rings. The van der Waals surface area contributed by atoms with Gasteiger partial charge in [-0.25, -0.2) is 4.79 Å². The van der Waals surface area contributed by atoms with Crippen LogP contribution in [0, 0.1) is 11.8 Å². The SMILES string of the molecule is CN(C)c1ccc(CCC2CN(CCC(=O)c3ccc4[nH]c(=O)oc4c3)CCC2C(N)=O)cc1. The number of hydrogen-bond donors (Lipinski definition) is 2. The number of ketones is 1. The number of aryl methyl sites for hydroxylation is 1. The van der Waals surface area contributed by atoms with E-state index in [2.05, 4.69) is 39.0 Å². The molecule has 8 heteroatoms. The zero-order valence-corrected chi connectivity index (χ0v) is 19.8. The van der Waals surface area contributed by atoms with Crippen molar-refractivity contribution in [3.05, 3.63) is 64.1 Å². The largest absolute Gasteiger partial charge is 0.417 e. The van der Waals surface area contributed by atoms with Crippen molar-refractivity contribution in [1.82, 2.24) is 9.88 Å². The van der Waals surface area contributed by atoms with Crippen LogP contribution in [0.2, 0.25) is 0 Å². The lowest BCUT2D eigenvalue weighted by atomic mass is 9.81. The fraction of sp³-hybridized carbons (Fsp3) is 0.423. The number of carbonyl (C=O) groups is 2. The van der Waals surface area contributed by atoms with Crippen molar-refractivity contribution < 1.29 is 14.0 Å². The molecule has 1 aliphatic heterocycles. The quantitative estimate of drug-likeness (QED) is 0.471. The van der Waals surface area contributed by atoms with Gasteiger partial charge in [-0.2, -0.15) is 0 Å². The van der Waals surface area contributed by atoms with Crippen molar-refractivity contribution in [1.29, 1.82) is 0 Å². The van der Waals surface area contributed by atoms with Crippen molar-refractivity contribution >= 4 is 28.5 Å². The molecule has 0 saturated carbocycles. The number of amides is 1. The zero-order chi connectivity index (χ0) is 24.2. The third-order valence-corrected chi connectivity index (χ3v) is 6.84. The van der Waals surface area contributed by atoms with Gasteiger partial charge in [0.2, 0.25) is 5.91 Å². The smallest absolute Gasteiger partial charge is 0.408 e. The number of benzene rings is 2. The number of rotatable bonds is 9. The van der Waals surface area contributed by atoms with E-state index in [1.165, 1.54) is 5.56 Å². The van der Waals surface area contributed by atoms with Crippen LogP contribution in [-0.2, 0) is 11.2 Å². The Morgan fingerprint density at radius 1 is 1.18 bits per heavy atom. The van der Waals surface area contributed by atoms with Crippen LogP contribution in [0.5, 0.6) is 0 Å². The molecule has 34 heavy (non-hydrogen) atoms. The molecule has 2 heterocycles.